The van der Waals surface area contributed by atoms with E-state index in [1.807, 2.05) is 67.6 Å². The average Bonchev–Trinajstić information content (AvgIpc) is 2.55. The molecule has 4 nitrogen and oxygen atoms in total. The third-order valence-corrected chi connectivity index (χ3v) is 3.31. The first-order valence-corrected chi connectivity index (χ1v) is 7.02. The summed E-state index contributed by atoms with van der Waals surface area (Å²) < 4.78 is 0. The van der Waals surface area contributed by atoms with Gasteiger partial charge in [0.05, 0.1) is 18.8 Å². The summed E-state index contributed by atoms with van der Waals surface area (Å²) in [5, 5.41) is 20.1. The van der Waals surface area contributed by atoms with Crippen LogP contribution in [-0.2, 0) is 4.84 Å². The maximum Gasteiger partial charge on any atom is 0.104 e. The summed E-state index contributed by atoms with van der Waals surface area (Å²) in [6.45, 7) is 1.95. The van der Waals surface area contributed by atoms with Gasteiger partial charge in [-0.25, -0.2) is 0 Å². The number of hydrogen-bond donors (Lipinski definition) is 3. The highest BCUT2D eigenvalue weighted by Crippen LogP contribution is 2.16. The molecular weight excluding hydrogens is 266 g/mol. The topological polar surface area (TPSA) is 61.7 Å². The molecule has 3 atom stereocenters. The van der Waals surface area contributed by atoms with E-state index in [4.69, 9.17) is 4.84 Å². The van der Waals surface area contributed by atoms with Crippen molar-refractivity contribution in [1.29, 1.82) is 0 Å². The molecule has 0 aliphatic heterocycles. The molecule has 0 saturated carbocycles. The highest BCUT2D eigenvalue weighted by molar-refractivity contribution is 5.18. The maximum absolute atomic E-state index is 10.2. The highest BCUT2D eigenvalue weighted by atomic mass is 16.7. The van der Waals surface area contributed by atoms with Gasteiger partial charge in [0.15, 0.2) is 0 Å². The maximum atomic E-state index is 10.2. The lowest BCUT2D eigenvalue weighted by atomic mass is 10.0. The minimum absolute atomic E-state index is 0.121. The molecule has 0 unspecified atom stereocenters. The summed E-state index contributed by atoms with van der Waals surface area (Å²) >= 11 is 0. The first-order chi connectivity index (χ1) is 10.2. The van der Waals surface area contributed by atoms with Crippen LogP contribution >= 0.6 is 0 Å². The van der Waals surface area contributed by atoms with Gasteiger partial charge >= 0.3 is 0 Å². The zero-order valence-electron chi connectivity index (χ0n) is 12.0. The van der Waals surface area contributed by atoms with Gasteiger partial charge in [-0.2, -0.15) is 5.48 Å². The molecule has 2 aromatic carbocycles. The third kappa shape index (κ3) is 4.65. The summed E-state index contributed by atoms with van der Waals surface area (Å²) in [5.41, 5.74) is 4.40. The lowest BCUT2D eigenvalue weighted by Gasteiger charge is -2.21. The van der Waals surface area contributed by atoms with Crippen molar-refractivity contribution in [3.8, 4) is 0 Å². The Morgan fingerprint density at radius 3 is 2.00 bits per heavy atom. The molecule has 0 aliphatic carbocycles. The smallest absolute Gasteiger partial charge is 0.104 e. The molecule has 2 rings (SSSR count). The SMILES string of the molecule is C[C@@H](NOC[C@H](O)c1ccccc1)[C@@H](O)c1ccccc1. The Morgan fingerprint density at radius 1 is 0.905 bits per heavy atom. The van der Waals surface area contributed by atoms with Crippen LogP contribution in [-0.4, -0.2) is 22.9 Å². The monoisotopic (exact) mass is 287 g/mol. The molecule has 0 fully saturated rings. The fourth-order valence-corrected chi connectivity index (χ4v) is 2.03. The van der Waals surface area contributed by atoms with Crippen molar-refractivity contribution in [3.63, 3.8) is 0 Å². The van der Waals surface area contributed by atoms with E-state index in [1.165, 1.54) is 0 Å². The largest absolute Gasteiger partial charge is 0.387 e. The second kappa shape index (κ2) is 7.90. The van der Waals surface area contributed by atoms with Gasteiger partial charge in [0.2, 0.25) is 0 Å². The van der Waals surface area contributed by atoms with Crippen molar-refractivity contribution in [1.82, 2.24) is 5.48 Å². The minimum Gasteiger partial charge on any atom is -0.387 e. The van der Waals surface area contributed by atoms with Crippen LogP contribution < -0.4 is 5.48 Å². The number of aliphatic hydroxyl groups is 2. The standard InChI is InChI=1S/C17H21NO3/c1-13(17(20)15-10-6-3-7-11-15)18-21-12-16(19)14-8-4-2-5-9-14/h2-11,13,16-20H,12H2,1H3/t13-,16+,17-/m1/s1. The number of hydrogen-bond acceptors (Lipinski definition) is 4. The summed E-state index contributed by atoms with van der Waals surface area (Å²) in [4.78, 5) is 5.29. The van der Waals surface area contributed by atoms with Crippen LogP contribution in [0.5, 0.6) is 0 Å². The number of hydroxylamine groups is 1. The van der Waals surface area contributed by atoms with E-state index in [-0.39, 0.29) is 12.6 Å². The van der Waals surface area contributed by atoms with Crippen molar-refractivity contribution in [3.05, 3.63) is 71.8 Å². The molecule has 0 aliphatic rings. The first kappa shape index (κ1) is 15.7. The van der Waals surface area contributed by atoms with Gasteiger partial charge in [0.25, 0.3) is 0 Å². The molecular formula is C17H21NO3. The zero-order valence-corrected chi connectivity index (χ0v) is 12.0. The van der Waals surface area contributed by atoms with Crippen LogP contribution in [0.1, 0.15) is 30.3 Å². The zero-order chi connectivity index (χ0) is 15.1. The van der Waals surface area contributed by atoms with Crippen LogP contribution in [0.25, 0.3) is 0 Å². The lowest BCUT2D eigenvalue weighted by Crippen LogP contribution is -2.33. The predicted octanol–water partition coefficient (Wildman–Crippen LogP) is 2.36. The molecule has 2 aromatic rings. The van der Waals surface area contributed by atoms with Gasteiger partial charge in [0.1, 0.15) is 6.10 Å². The van der Waals surface area contributed by atoms with Gasteiger partial charge in [-0.15, -0.1) is 0 Å². The molecule has 0 radical (unpaired) electrons. The van der Waals surface area contributed by atoms with Crippen LogP contribution in [0.4, 0.5) is 0 Å². The fourth-order valence-electron chi connectivity index (χ4n) is 2.03. The van der Waals surface area contributed by atoms with E-state index in [0.29, 0.717) is 0 Å². The summed E-state index contributed by atoms with van der Waals surface area (Å²) in [5.74, 6) is 0. The predicted molar refractivity (Wildman–Crippen MR) is 81.4 cm³/mol. The van der Waals surface area contributed by atoms with Crippen molar-refractivity contribution in [2.45, 2.75) is 25.2 Å². The molecule has 0 spiro atoms. The number of benzene rings is 2. The lowest BCUT2D eigenvalue weighted by molar-refractivity contribution is -0.0550. The van der Waals surface area contributed by atoms with Gasteiger partial charge in [-0.3, -0.25) is 4.84 Å². The molecule has 0 bridgehead atoms. The quantitative estimate of drug-likeness (QED) is 0.684. The minimum atomic E-state index is -0.695. The van der Waals surface area contributed by atoms with E-state index in [2.05, 4.69) is 5.48 Å². The van der Waals surface area contributed by atoms with Crippen LogP contribution in [0.3, 0.4) is 0 Å². The van der Waals surface area contributed by atoms with E-state index >= 15 is 0 Å². The molecule has 0 aromatic heterocycles. The summed E-state index contributed by atoms with van der Waals surface area (Å²) in [6.07, 6.45) is -1.36. The number of rotatable bonds is 7. The van der Waals surface area contributed by atoms with Gasteiger partial charge in [0, 0.05) is 0 Å². The van der Waals surface area contributed by atoms with Crippen molar-refractivity contribution in [2.24, 2.45) is 0 Å². The Bertz CT molecular complexity index is 518. The Hall–Kier alpha value is -1.72. The molecule has 3 N–H and O–H groups in total. The second-order valence-electron chi connectivity index (χ2n) is 5.00. The van der Waals surface area contributed by atoms with Crippen molar-refractivity contribution in [2.75, 3.05) is 6.61 Å². The average molecular weight is 287 g/mol. The normalized spacial score (nSPS) is 15.4. The van der Waals surface area contributed by atoms with Crippen molar-refractivity contribution >= 4 is 0 Å². The van der Waals surface area contributed by atoms with Gasteiger partial charge < -0.3 is 10.2 Å². The number of nitrogens with one attached hydrogen (secondary N) is 1. The Morgan fingerprint density at radius 2 is 1.43 bits per heavy atom. The van der Waals surface area contributed by atoms with E-state index in [0.717, 1.165) is 11.1 Å². The van der Waals surface area contributed by atoms with Gasteiger partial charge in [-0.1, -0.05) is 60.7 Å². The molecule has 0 saturated heterocycles. The first-order valence-electron chi connectivity index (χ1n) is 7.02. The third-order valence-electron chi connectivity index (χ3n) is 3.31. The summed E-state index contributed by atoms with van der Waals surface area (Å²) in [7, 11) is 0. The Labute approximate surface area is 125 Å². The highest BCUT2D eigenvalue weighted by Gasteiger charge is 2.16. The molecule has 21 heavy (non-hydrogen) atoms. The fraction of sp³-hybridized carbons (Fsp3) is 0.294. The number of aliphatic hydroxyl groups excluding tert-OH is 2. The Balaban J connectivity index is 1.78. The Kier molecular flexibility index (Phi) is 5.90. The molecule has 4 heteroatoms. The van der Waals surface area contributed by atoms with Gasteiger partial charge in [-0.05, 0) is 18.1 Å². The van der Waals surface area contributed by atoms with E-state index in [1.54, 1.807) is 0 Å². The molecule has 0 heterocycles. The molecule has 0 amide bonds. The van der Waals surface area contributed by atoms with Crippen LogP contribution in [0.15, 0.2) is 60.7 Å². The second-order valence-corrected chi connectivity index (χ2v) is 5.00. The van der Waals surface area contributed by atoms with E-state index in [9.17, 15) is 10.2 Å². The van der Waals surface area contributed by atoms with Crippen LogP contribution in [0.2, 0.25) is 0 Å². The van der Waals surface area contributed by atoms with E-state index < -0.39 is 12.2 Å². The van der Waals surface area contributed by atoms with Crippen molar-refractivity contribution < 1.29 is 15.1 Å². The summed E-state index contributed by atoms with van der Waals surface area (Å²) in [6, 6.07) is 18.4. The van der Waals surface area contributed by atoms with Crippen LogP contribution in [0, 0.1) is 0 Å². The molecule has 112 valence electrons.